The van der Waals surface area contributed by atoms with E-state index in [9.17, 15) is 9.59 Å². The Labute approximate surface area is 116 Å². The van der Waals surface area contributed by atoms with E-state index in [1.54, 1.807) is 30.3 Å². The SMILES string of the molecule is O=CNc1nc(/C(=N/Oc2ccccc2)C(=O)O)ns1. The topological polar surface area (TPSA) is 114 Å². The summed E-state index contributed by atoms with van der Waals surface area (Å²) in [6, 6.07) is 8.47. The van der Waals surface area contributed by atoms with E-state index in [0.717, 1.165) is 11.5 Å². The largest absolute Gasteiger partial charge is 0.476 e. The van der Waals surface area contributed by atoms with Gasteiger partial charge < -0.3 is 15.3 Å². The molecule has 102 valence electrons. The number of hydrogen-bond donors (Lipinski definition) is 2. The minimum absolute atomic E-state index is 0.136. The molecule has 0 fully saturated rings. The molecule has 2 aromatic rings. The molecule has 2 N–H and O–H groups in total. The smallest absolute Gasteiger partial charge is 0.362 e. The van der Waals surface area contributed by atoms with Crippen LogP contribution >= 0.6 is 11.5 Å². The van der Waals surface area contributed by atoms with Crippen molar-refractivity contribution >= 4 is 34.8 Å². The van der Waals surface area contributed by atoms with E-state index >= 15 is 0 Å². The first-order valence-electron chi connectivity index (χ1n) is 5.28. The van der Waals surface area contributed by atoms with Crippen LogP contribution in [0, 0.1) is 0 Å². The Hall–Kier alpha value is -2.81. The van der Waals surface area contributed by atoms with E-state index in [-0.39, 0.29) is 11.0 Å². The van der Waals surface area contributed by atoms with Gasteiger partial charge in [-0.25, -0.2) is 4.79 Å². The number of benzene rings is 1. The predicted molar refractivity (Wildman–Crippen MR) is 70.8 cm³/mol. The number of rotatable bonds is 6. The molecule has 8 nitrogen and oxygen atoms in total. The maximum atomic E-state index is 11.1. The molecule has 1 amide bonds. The summed E-state index contributed by atoms with van der Waals surface area (Å²) >= 11 is 0.838. The number of carboxylic acid groups (broad SMARTS) is 1. The van der Waals surface area contributed by atoms with Crippen LogP contribution in [-0.4, -0.2) is 32.6 Å². The quantitative estimate of drug-likeness (QED) is 0.466. The third-order valence-corrected chi connectivity index (χ3v) is 2.65. The minimum atomic E-state index is -1.34. The van der Waals surface area contributed by atoms with Crippen LogP contribution in [0.4, 0.5) is 5.13 Å². The number of carbonyl (C=O) groups is 2. The lowest BCUT2D eigenvalue weighted by atomic mass is 10.3. The second-order valence-corrected chi connectivity index (χ2v) is 4.09. The number of carboxylic acids is 1. The van der Waals surface area contributed by atoms with Crippen LogP contribution in [0.3, 0.4) is 0 Å². The molecule has 0 spiro atoms. The summed E-state index contributed by atoms with van der Waals surface area (Å²) < 4.78 is 3.79. The zero-order valence-electron chi connectivity index (χ0n) is 9.89. The average molecular weight is 292 g/mol. The number of aliphatic carboxylic acids is 1. The van der Waals surface area contributed by atoms with E-state index in [1.807, 2.05) is 0 Å². The zero-order valence-corrected chi connectivity index (χ0v) is 10.7. The highest BCUT2D eigenvalue weighted by molar-refractivity contribution is 7.10. The summed E-state index contributed by atoms with van der Waals surface area (Å²) in [5.41, 5.74) is -0.455. The molecular weight excluding hydrogens is 284 g/mol. The van der Waals surface area contributed by atoms with Gasteiger partial charge in [0.1, 0.15) is 0 Å². The molecular formula is C11H8N4O4S. The molecule has 1 aromatic carbocycles. The highest BCUT2D eigenvalue weighted by Gasteiger charge is 2.19. The van der Waals surface area contributed by atoms with Gasteiger partial charge in [0.05, 0.1) is 0 Å². The first kappa shape index (κ1) is 13.6. The minimum Gasteiger partial charge on any atom is -0.476 e. The first-order chi connectivity index (χ1) is 9.70. The Morgan fingerprint density at radius 3 is 2.80 bits per heavy atom. The third kappa shape index (κ3) is 3.36. The number of nitrogens with zero attached hydrogens (tertiary/aromatic N) is 3. The lowest BCUT2D eigenvalue weighted by Gasteiger charge is -1.99. The van der Waals surface area contributed by atoms with Crippen molar-refractivity contribution in [2.24, 2.45) is 5.16 Å². The molecule has 0 atom stereocenters. The van der Waals surface area contributed by atoms with Gasteiger partial charge in [-0.1, -0.05) is 23.4 Å². The predicted octanol–water partition coefficient (Wildman–Crippen LogP) is 0.974. The monoisotopic (exact) mass is 292 g/mol. The van der Waals surface area contributed by atoms with Gasteiger partial charge >= 0.3 is 5.97 Å². The van der Waals surface area contributed by atoms with Crippen LogP contribution in [0.25, 0.3) is 0 Å². The van der Waals surface area contributed by atoms with Crippen molar-refractivity contribution in [3.05, 3.63) is 36.2 Å². The van der Waals surface area contributed by atoms with E-state index < -0.39 is 11.7 Å². The molecule has 0 bridgehead atoms. The molecule has 1 aromatic heterocycles. The molecule has 1 heterocycles. The van der Waals surface area contributed by atoms with Gasteiger partial charge in [-0.15, -0.1) is 0 Å². The second-order valence-electron chi connectivity index (χ2n) is 3.33. The van der Waals surface area contributed by atoms with Crippen molar-refractivity contribution < 1.29 is 19.5 Å². The van der Waals surface area contributed by atoms with E-state index in [1.165, 1.54) is 0 Å². The number of para-hydroxylation sites is 1. The fourth-order valence-electron chi connectivity index (χ4n) is 1.18. The van der Waals surface area contributed by atoms with Gasteiger partial charge in [0.2, 0.25) is 23.1 Å². The molecule has 0 saturated heterocycles. The highest BCUT2D eigenvalue weighted by atomic mass is 32.1. The fraction of sp³-hybridized carbons (Fsp3) is 0. The lowest BCUT2D eigenvalue weighted by Crippen LogP contribution is -2.17. The van der Waals surface area contributed by atoms with Crippen LogP contribution in [0.15, 0.2) is 35.5 Å². The molecule has 2 rings (SSSR count). The summed E-state index contributed by atoms with van der Waals surface area (Å²) in [7, 11) is 0. The van der Waals surface area contributed by atoms with Crippen molar-refractivity contribution in [2.75, 3.05) is 5.32 Å². The molecule has 9 heteroatoms. The van der Waals surface area contributed by atoms with Crippen molar-refractivity contribution in [3.8, 4) is 5.75 Å². The van der Waals surface area contributed by atoms with Gasteiger partial charge in [-0.05, 0) is 12.1 Å². The summed E-state index contributed by atoms with van der Waals surface area (Å²) in [6.45, 7) is 0. The van der Waals surface area contributed by atoms with Crippen LogP contribution in [-0.2, 0) is 9.59 Å². The Morgan fingerprint density at radius 2 is 2.15 bits per heavy atom. The van der Waals surface area contributed by atoms with Crippen LogP contribution in [0.1, 0.15) is 5.82 Å². The number of amides is 1. The lowest BCUT2D eigenvalue weighted by molar-refractivity contribution is -0.129. The van der Waals surface area contributed by atoms with Crippen molar-refractivity contribution in [1.82, 2.24) is 9.36 Å². The van der Waals surface area contributed by atoms with Crippen molar-refractivity contribution in [1.29, 1.82) is 0 Å². The Morgan fingerprint density at radius 1 is 1.40 bits per heavy atom. The fourth-order valence-corrected chi connectivity index (χ4v) is 1.71. The maximum Gasteiger partial charge on any atom is 0.362 e. The molecule has 0 aliphatic carbocycles. The Balaban J connectivity index is 2.21. The van der Waals surface area contributed by atoms with Gasteiger partial charge in [0.15, 0.2) is 5.75 Å². The van der Waals surface area contributed by atoms with E-state index in [4.69, 9.17) is 9.94 Å². The number of carbonyl (C=O) groups excluding carboxylic acids is 1. The molecule has 0 aliphatic heterocycles. The van der Waals surface area contributed by atoms with Gasteiger partial charge in [0, 0.05) is 11.5 Å². The average Bonchev–Trinajstić information content (AvgIpc) is 2.89. The van der Waals surface area contributed by atoms with E-state index in [2.05, 4.69) is 19.8 Å². The zero-order chi connectivity index (χ0) is 14.4. The summed E-state index contributed by atoms with van der Waals surface area (Å²) in [5.74, 6) is -1.09. The molecule has 0 aliphatic rings. The third-order valence-electron chi connectivity index (χ3n) is 2.01. The summed E-state index contributed by atoms with van der Waals surface area (Å²) in [5, 5.41) is 15.0. The molecule has 0 unspecified atom stereocenters. The maximum absolute atomic E-state index is 11.1. The van der Waals surface area contributed by atoms with Crippen LogP contribution < -0.4 is 10.2 Å². The van der Waals surface area contributed by atoms with Crippen molar-refractivity contribution in [2.45, 2.75) is 0 Å². The van der Waals surface area contributed by atoms with Crippen molar-refractivity contribution in [3.63, 3.8) is 0 Å². The highest BCUT2D eigenvalue weighted by Crippen LogP contribution is 2.12. The normalized spacial score (nSPS) is 10.9. The Bertz CT molecular complexity index is 641. The molecule has 0 radical (unpaired) electrons. The number of oxime groups is 1. The number of hydrogen-bond acceptors (Lipinski definition) is 7. The second kappa shape index (κ2) is 6.38. The van der Waals surface area contributed by atoms with E-state index in [0.29, 0.717) is 12.2 Å². The summed E-state index contributed by atoms with van der Waals surface area (Å²) in [6.07, 6.45) is 0.419. The van der Waals surface area contributed by atoms with Gasteiger partial charge in [-0.3, -0.25) is 4.79 Å². The number of aromatic nitrogens is 2. The van der Waals surface area contributed by atoms with Crippen LogP contribution in [0.2, 0.25) is 0 Å². The number of anilines is 1. The standard InChI is InChI=1S/C11H8N4O4S/c16-6-12-11-13-9(15-20-11)8(10(17)18)14-19-7-4-2-1-3-5-7/h1-6H,(H,17,18)(H,12,13,15,16)/b14-8-. The number of nitrogens with one attached hydrogen (secondary N) is 1. The molecule has 0 saturated carbocycles. The summed E-state index contributed by atoms with van der Waals surface area (Å²) in [4.78, 5) is 30.2. The van der Waals surface area contributed by atoms with Gasteiger partial charge in [0.25, 0.3) is 0 Å². The first-order valence-corrected chi connectivity index (χ1v) is 6.05. The Kier molecular flexibility index (Phi) is 4.35. The van der Waals surface area contributed by atoms with Gasteiger partial charge in [-0.2, -0.15) is 9.36 Å². The van der Waals surface area contributed by atoms with Crippen LogP contribution in [0.5, 0.6) is 5.75 Å². The molecule has 20 heavy (non-hydrogen) atoms.